The Morgan fingerprint density at radius 1 is 2.00 bits per heavy atom. The van der Waals surface area contributed by atoms with E-state index in [0.717, 1.165) is 2.54 Å². The number of hydrogen-bond acceptors (Lipinski definition) is 0. The van der Waals surface area contributed by atoms with E-state index in [4.69, 9.17) is 11.6 Å². The van der Waals surface area contributed by atoms with E-state index in [9.17, 15) is 0 Å². The van der Waals surface area contributed by atoms with Crippen molar-refractivity contribution in [3.8, 4) is 0 Å². The molecule has 0 heterocycles. The average Bonchev–Trinajstić information content (AvgIpc) is 0.811. The zero-order valence-electron chi connectivity index (χ0n) is 2.29. The van der Waals surface area contributed by atoms with Crippen LogP contribution in [0, 0.1) is 0 Å². The molecule has 0 fully saturated rings. The van der Waals surface area contributed by atoms with Gasteiger partial charge in [0.15, 0.2) is 0 Å². The zero-order chi connectivity index (χ0) is 3.58. The molecule has 0 amide bonds. The van der Waals surface area contributed by atoms with Crippen molar-refractivity contribution in [2.45, 2.75) is 0 Å². The first kappa shape index (κ1) is 4.97. The quantitative estimate of drug-likeness (QED) is 0.576. The van der Waals surface area contributed by atoms with E-state index >= 15 is 0 Å². The second kappa shape index (κ2) is 2.22. The Balaban J connectivity index is 2.80. The summed E-state index contributed by atoms with van der Waals surface area (Å²) in [4.78, 5) is 0. The molecule has 0 nitrogen and oxygen atoms in total. The molecule has 0 unspecified atom stereocenters. The summed E-state index contributed by atoms with van der Waals surface area (Å²) in [5.74, 6) is 0. The van der Waals surface area contributed by atoms with Crippen LogP contribution in [0.4, 0.5) is 0 Å². The van der Waals surface area contributed by atoms with Crippen molar-refractivity contribution >= 4 is 11.6 Å². The SMILES string of the molecule is C=[C](Cl)[Hg]. The van der Waals surface area contributed by atoms with Crippen molar-refractivity contribution in [2.75, 3.05) is 0 Å². The van der Waals surface area contributed by atoms with Crippen molar-refractivity contribution in [1.82, 2.24) is 0 Å². The molecule has 0 aromatic heterocycles. The van der Waals surface area contributed by atoms with E-state index in [-0.39, 0.29) is 0 Å². The third kappa shape index (κ3) is 12.3. The normalized spacial score (nSPS) is 6.75. The van der Waals surface area contributed by atoms with Crippen molar-refractivity contribution in [3.63, 3.8) is 0 Å². The minimum atomic E-state index is 0.593. The topological polar surface area (TPSA) is 0 Å². The fraction of sp³-hybridized carbons (Fsp3) is 0. The Morgan fingerprint density at radius 3 is 2.00 bits per heavy atom. The van der Waals surface area contributed by atoms with Crippen LogP contribution in [0.15, 0.2) is 9.12 Å². The van der Waals surface area contributed by atoms with Gasteiger partial charge in [0, 0.05) is 0 Å². The van der Waals surface area contributed by atoms with Crippen LogP contribution < -0.4 is 0 Å². The summed E-state index contributed by atoms with van der Waals surface area (Å²) in [5, 5.41) is 0. The average molecular weight is 262 g/mol. The first-order chi connectivity index (χ1) is 1.73. The van der Waals surface area contributed by atoms with E-state index in [1.54, 1.807) is 0 Å². The van der Waals surface area contributed by atoms with E-state index in [2.05, 4.69) is 6.58 Å². The second-order valence-corrected chi connectivity index (χ2v) is 6.11. The number of rotatable bonds is 0. The first-order valence-corrected chi connectivity index (χ1v) is 4.02. The summed E-state index contributed by atoms with van der Waals surface area (Å²) in [6, 6.07) is 0. The molecule has 4 heavy (non-hydrogen) atoms. The van der Waals surface area contributed by atoms with Gasteiger partial charge in [0.05, 0.1) is 0 Å². The number of hydrogen-bond donors (Lipinski definition) is 0. The molecule has 0 rings (SSSR count). The summed E-state index contributed by atoms with van der Waals surface area (Å²) in [5.41, 5.74) is 0. The van der Waals surface area contributed by atoms with Gasteiger partial charge in [-0.1, -0.05) is 0 Å². The van der Waals surface area contributed by atoms with Gasteiger partial charge in [-0.3, -0.25) is 0 Å². The zero-order valence-corrected chi connectivity index (χ0v) is 8.55. The number of halogens is 1. The van der Waals surface area contributed by atoms with Gasteiger partial charge in [-0.2, -0.15) is 0 Å². The molecule has 0 atom stereocenters. The van der Waals surface area contributed by atoms with E-state index < -0.39 is 0 Å². The molecule has 0 aliphatic carbocycles. The molecular weight excluding hydrogens is 260 g/mol. The molecule has 0 aromatic rings. The van der Waals surface area contributed by atoms with Gasteiger partial charge >= 0.3 is 46.8 Å². The molecule has 0 saturated carbocycles. The second-order valence-electron chi connectivity index (χ2n) is 0.517. The first-order valence-electron chi connectivity index (χ1n) is 0.896. The van der Waals surface area contributed by atoms with Crippen LogP contribution in [-0.4, -0.2) is 0 Å². The van der Waals surface area contributed by atoms with E-state index in [1.807, 2.05) is 0 Å². The molecule has 2 heteroatoms. The fourth-order valence-electron chi connectivity index (χ4n) is 0. The Labute approximate surface area is 46.8 Å². The summed E-state index contributed by atoms with van der Waals surface area (Å²) in [6.07, 6.45) is 0. The van der Waals surface area contributed by atoms with Crippen LogP contribution in [0.5, 0.6) is 0 Å². The molecule has 0 radical (unpaired) electrons. The standard InChI is InChI=1S/C2H2Cl.Hg/c1-2-3;/h1H2;. The van der Waals surface area contributed by atoms with Crippen molar-refractivity contribution < 1.29 is 26.1 Å². The van der Waals surface area contributed by atoms with Gasteiger partial charge in [0.2, 0.25) is 0 Å². The summed E-state index contributed by atoms with van der Waals surface area (Å²) in [7, 11) is 0. The molecule has 0 aliphatic rings. The molecule has 0 aliphatic heterocycles. The van der Waals surface area contributed by atoms with E-state index in [0.29, 0.717) is 26.1 Å². The Morgan fingerprint density at radius 2 is 2.00 bits per heavy atom. The van der Waals surface area contributed by atoms with Crippen LogP contribution in [-0.2, 0) is 26.1 Å². The maximum absolute atomic E-state index is 5.17. The van der Waals surface area contributed by atoms with Gasteiger partial charge in [-0.05, 0) is 0 Å². The van der Waals surface area contributed by atoms with Crippen LogP contribution >= 0.6 is 11.6 Å². The van der Waals surface area contributed by atoms with Gasteiger partial charge in [-0.15, -0.1) is 0 Å². The Hall–Kier alpha value is 0.965. The van der Waals surface area contributed by atoms with Gasteiger partial charge in [0.25, 0.3) is 0 Å². The predicted octanol–water partition coefficient (Wildman–Crippen LogP) is 1.24. The molecular formula is C2H2ClHg. The van der Waals surface area contributed by atoms with Crippen LogP contribution in [0.1, 0.15) is 0 Å². The molecule has 0 saturated heterocycles. The summed E-state index contributed by atoms with van der Waals surface area (Å²) < 4.78 is 0.833. The van der Waals surface area contributed by atoms with Crippen molar-refractivity contribution in [3.05, 3.63) is 9.12 Å². The summed E-state index contributed by atoms with van der Waals surface area (Å²) >= 11 is 5.76. The predicted molar refractivity (Wildman–Crippen MR) is 15.0 cm³/mol. The van der Waals surface area contributed by atoms with Gasteiger partial charge < -0.3 is 0 Å². The van der Waals surface area contributed by atoms with Crippen LogP contribution in [0.25, 0.3) is 0 Å². The van der Waals surface area contributed by atoms with Gasteiger partial charge in [-0.25, -0.2) is 0 Å². The molecule has 0 bridgehead atoms. The third-order valence-electron chi connectivity index (χ3n) is 0. The monoisotopic (exact) mass is 263 g/mol. The molecule has 0 aromatic carbocycles. The molecule has 0 spiro atoms. The van der Waals surface area contributed by atoms with Gasteiger partial charge in [0.1, 0.15) is 0 Å². The molecule has 19 valence electrons. The molecule has 0 N–H and O–H groups in total. The Bertz CT molecular complexity index is 29.0. The minimum absolute atomic E-state index is 0.593. The summed E-state index contributed by atoms with van der Waals surface area (Å²) in [6.45, 7) is 3.41. The van der Waals surface area contributed by atoms with Crippen LogP contribution in [0.2, 0.25) is 0 Å². The van der Waals surface area contributed by atoms with Crippen LogP contribution in [0.3, 0.4) is 0 Å². The Kier molecular flexibility index (Phi) is 2.75. The van der Waals surface area contributed by atoms with Crippen molar-refractivity contribution in [1.29, 1.82) is 0 Å². The fourth-order valence-corrected chi connectivity index (χ4v) is 0. The van der Waals surface area contributed by atoms with E-state index in [1.165, 1.54) is 0 Å². The maximum atomic E-state index is 5.17. The third-order valence-corrected chi connectivity index (χ3v) is 0. The van der Waals surface area contributed by atoms with Crippen molar-refractivity contribution in [2.24, 2.45) is 0 Å².